The molecule has 7 heteroatoms. The van der Waals surface area contributed by atoms with Crippen molar-refractivity contribution in [1.29, 1.82) is 0 Å². The van der Waals surface area contributed by atoms with E-state index in [-0.39, 0.29) is 46.5 Å². The fourth-order valence-corrected chi connectivity index (χ4v) is 1.16. The summed E-state index contributed by atoms with van der Waals surface area (Å²) in [6.07, 6.45) is 3.36. The van der Waals surface area contributed by atoms with E-state index in [1.807, 2.05) is 0 Å². The summed E-state index contributed by atoms with van der Waals surface area (Å²) < 4.78 is 0. The molecule has 0 fully saturated rings. The number of hydrogen-bond donors (Lipinski definition) is 0. The Morgan fingerprint density at radius 1 is 1.00 bits per heavy atom. The first-order chi connectivity index (χ1) is 7.59. The Morgan fingerprint density at radius 3 is 1.30 bits per heavy atom. The molecule has 0 aromatic heterocycles. The largest absolute Gasteiger partial charge is 2.00 e. The summed E-state index contributed by atoms with van der Waals surface area (Å²) >= 11 is 0. The molecule has 0 aliphatic heterocycles. The molecule has 2 N–H and O–H groups in total. The van der Waals surface area contributed by atoms with Gasteiger partial charge in [-0.2, -0.15) is 11.1 Å². The Kier molecular flexibility index (Phi) is 26.7. The van der Waals surface area contributed by atoms with Crippen LogP contribution in [0.25, 0.3) is 11.5 Å². The number of nitrogens with one attached hydrogen (secondary N) is 2. The predicted molar refractivity (Wildman–Crippen MR) is 70.0 cm³/mol. The first-order valence-corrected chi connectivity index (χ1v) is 5.31. The molecule has 0 heterocycles. The van der Waals surface area contributed by atoms with Crippen molar-refractivity contribution in [2.45, 2.75) is 41.5 Å². The Morgan fingerprint density at radius 2 is 1.25 bits per heavy atom. The summed E-state index contributed by atoms with van der Waals surface area (Å²) in [7, 11) is 0. The van der Waals surface area contributed by atoms with Crippen LogP contribution in [-0.2, 0) is 31.3 Å². The number of hydrogen-bond acceptors (Lipinski definition) is 2. The van der Waals surface area contributed by atoms with Gasteiger partial charge in [0, 0.05) is 11.8 Å². The Hall–Kier alpha value is -0.286. The van der Waals surface area contributed by atoms with Crippen LogP contribution in [0.5, 0.6) is 0 Å². The third-order valence-electron chi connectivity index (χ3n) is 2.24. The normalized spacial score (nSPS) is 14.7. The van der Waals surface area contributed by atoms with Crippen molar-refractivity contribution in [2.24, 2.45) is 5.92 Å². The van der Waals surface area contributed by atoms with E-state index in [2.05, 4.69) is 33.8 Å². The van der Waals surface area contributed by atoms with Crippen molar-refractivity contribution in [3.8, 4) is 0 Å². The van der Waals surface area contributed by atoms with Gasteiger partial charge in [0.2, 0.25) is 0 Å². The quantitative estimate of drug-likeness (QED) is 0.368. The predicted octanol–water partition coefficient (Wildman–Crippen LogP) is -2.10. The fraction of sp³-hybridized carbons (Fsp3) is 0.538. The number of halogens is 2. The van der Waals surface area contributed by atoms with E-state index < -0.39 is 11.8 Å². The Labute approximate surface area is 149 Å². The minimum atomic E-state index is -0.583. The molecule has 1 unspecified atom stereocenters. The zero-order chi connectivity index (χ0) is 14.2. The van der Waals surface area contributed by atoms with Crippen LogP contribution in [0.15, 0.2) is 16.7 Å². The van der Waals surface area contributed by atoms with Gasteiger partial charge in [0.25, 0.3) is 0 Å². The minimum absolute atomic E-state index is 0. The fourth-order valence-electron chi connectivity index (χ4n) is 1.16. The molecule has 0 saturated carbocycles. The summed E-state index contributed by atoms with van der Waals surface area (Å²) in [5.74, 6) is -0.606. The average molecular weight is 356 g/mol. The summed E-state index contributed by atoms with van der Waals surface area (Å²) in [6, 6.07) is 0. The smallest absolute Gasteiger partial charge is 1.00 e. The molecule has 2 amide bonds. The van der Waals surface area contributed by atoms with Crippen LogP contribution in [0.2, 0.25) is 0 Å². The molecule has 0 saturated heterocycles. The van der Waals surface area contributed by atoms with Crippen molar-refractivity contribution in [2.75, 3.05) is 0 Å². The van der Waals surface area contributed by atoms with Crippen LogP contribution in [0, 0.1) is 12.0 Å². The van der Waals surface area contributed by atoms with Gasteiger partial charge >= 0.3 is 21.7 Å². The van der Waals surface area contributed by atoms with Crippen LogP contribution >= 0.6 is 0 Å². The maximum atomic E-state index is 9.11. The van der Waals surface area contributed by atoms with Gasteiger partial charge in [-0.05, 0) is 13.8 Å². The molecule has 4 nitrogen and oxygen atoms in total. The molecule has 1 rings (SSSR count). The number of rotatable bonds is 0. The van der Waals surface area contributed by atoms with E-state index in [0.29, 0.717) is 5.92 Å². The molecular weight excluding hydrogens is 335 g/mol. The maximum Gasteiger partial charge on any atom is 2.00 e. The first-order valence-electron chi connectivity index (χ1n) is 5.31. The van der Waals surface area contributed by atoms with E-state index in [9.17, 15) is 0 Å². The zero-order valence-electron chi connectivity index (χ0n) is 12.6. The molecule has 20 heavy (non-hydrogen) atoms. The van der Waals surface area contributed by atoms with Crippen molar-refractivity contribution < 1.29 is 56.1 Å². The van der Waals surface area contributed by atoms with Gasteiger partial charge in [-0.25, -0.2) is 5.57 Å². The molecule has 0 aromatic carbocycles. The van der Waals surface area contributed by atoms with Gasteiger partial charge in [0.15, 0.2) is 0 Å². The van der Waals surface area contributed by atoms with Gasteiger partial charge in [-0.15, -0.1) is 6.92 Å². The van der Waals surface area contributed by atoms with Gasteiger partial charge in [0.1, 0.15) is 0 Å². The summed E-state index contributed by atoms with van der Waals surface area (Å²) in [5, 5.41) is 0. The first kappa shape index (κ1) is 31.9. The van der Waals surface area contributed by atoms with Crippen LogP contribution in [-0.4, -0.2) is 11.8 Å². The second kappa shape index (κ2) is 16.8. The van der Waals surface area contributed by atoms with E-state index >= 15 is 0 Å². The van der Waals surface area contributed by atoms with Gasteiger partial charge in [0.05, 0.1) is 0 Å². The SMILES string of the molecule is CC([NH-])=O.CC([NH-])=O.CC1=[C-]C(C)C(C)=C1C.[Cl-].[Cl-].[Ti+2]. The molecule has 0 radical (unpaired) electrons. The zero-order valence-corrected chi connectivity index (χ0v) is 15.7. The minimum Gasteiger partial charge on any atom is -1.00 e. The number of carbonyl (C=O) groups is 2. The van der Waals surface area contributed by atoms with Crippen LogP contribution in [0.1, 0.15) is 41.5 Å². The second-order valence-electron chi connectivity index (χ2n) is 3.91. The van der Waals surface area contributed by atoms with E-state index in [4.69, 9.17) is 21.1 Å². The summed E-state index contributed by atoms with van der Waals surface area (Å²) in [5.41, 5.74) is 16.1. The van der Waals surface area contributed by atoms with Crippen LogP contribution in [0.4, 0.5) is 0 Å². The van der Waals surface area contributed by atoms with Gasteiger partial charge in [-0.3, -0.25) is 6.08 Å². The molecule has 0 bridgehead atoms. The topological polar surface area (TPSA) is 81.7 Å². The molecule has 0 spiro atoms. The molecule has 116 valence electrons. The molecule has 1 atom stereocenters. The maximum absolute atomic E-state index is 9.11. The van der Waals surface area contributed by atoms with Crippen LogP contribution < -0.4 is 24.8 Å². The summed E-state index contributed by atoms with van der Waals surface area (Å²) in [6.45, 7) is 11.1. The van der Waals surface area contributed by atoms with Crippen LogP contribution in [0.3, 0.4) is 0 Å². The molecule has 0 aromatic rings. The van der Waals surface area contributed by atoms with Gasteiger partial charge < -0.3 is 45.9 Å². The van der Waals surface area contributed by atoms with Crippen molar-refractivity contribution in [1.82, 2.24) is 0 Å². The standard InChI is InChI=1S/C9H13.2C2H5NO.2ClH.Ti/c1-6-5-7(2)9(4)8(6)3;2*1-2(3)4;;;/h6H,1-4H3;2*1H3,(H2,3,4);2*1H;/q-1;;;;;+2/p-4. The third kappa shape index (κ3) is 20.0. The van der Waals surface area contributed by atoms with E-state index in [0.717, 1.165) is 0 Å². The monoisotopic (exact) mass is 355 g/mol. The van der Waals surface area contributed by atoms with Crippen molar-refractivity contribution in [3.05, 3.63) is 34.3 Å². The van der Waals surface area contributed by atoms with Gasteiger partial charge in [-0.1, -0.05) is 26.7 Å². The Balaban J connectivity index is -0.0000000597. The Bertz CT molecular complexity index is 336. The second-order valence-corrected chi connectivity index (χ2v) is 3.91. The molecule has 1 aliphatic rings. The average Bonchev–Trinajstić information content (AvgIpc) is 2.31. The molecule has 1 aliphatic carbocycles. The third-order valence-corrected chi connectivity index (χ3v) is 2.24. The van der Waals surface area contributed by atoms with E-state index in [1.165, 1.54) is 30.6 Å². The number of carbonyl (C=O) groups excluding carboxylic acids is 2. The number of amides is 2. The van der Waals surface area contributed by atoms with Crippen molar-refractivity contribution in [3.63, 3.8) is 0 Å². The van der Waals surface area contributed by atoms with E-state index in [1.54, 1.807) is 0 Å². The van der Waals surface area contributed by atoms with Crippen molar-refractivity contribution >= 4 is 11.8 Å². The number of allylic oxidation sites excluding steroid dienone is 4. The molecular formula is C13H21Cl2N2O2Ti-3. The summed E-state index contributed by atoms with van der Waals surface area (Å²) in [4.78, 5) is 18.2.